The molecule has 1 rings (SSSR count). The molecule has 1 aromatic rings. The molecule has 0 aliphatic heterocycles. The van der Waals surface area contributed by atoms with E-state index in [1.165, 1.54) is 0 Å². The molecule has 0 amide bonds. The second-order valence-corrected chi connectivity index (χ2v) is 4.94. The first kappa shape index (κ1) is 14.1. The van der Waals surface area contributed by atoms with E-state index in [0.29, 0.717) is 5.75 Å². The van der Waals surface area contributed by atoms with Crippen LogP contribution in [0.15, 0.2) is 33.2 Å². The summed E-state index contributed by atoms with van der Waals surface area (Å²) in [5, 5.41) is 11.7. The van der Waals surface area contributed by atoms with Crippen molar-refractivity contribution in [2.24, 2.45) is 0 Å². The second-order valence-electron chi connectivity index (χ2n) is 3.23. The Morgan fingerprint density at radius 1 is 1.47 bits per heavy atom. The number of ether oxygens (including phenoxy) is 1. The molecule has 0 unspecified atom stereocenters. The third-order valence-corrected chi connectivity index (χ3v) is 3.31. The molecule has 2 N–H and O–H groups in total. The number of benzene rings is 1. The highest BCUT2D eigenvalue weighted by Gasteiger charge is 2.09. The maximum Gasteiger partial charge on any atom is 0.332 e. The Labute approximate surface area is 116 Å². The van der Waals surface area contributed by atoms with Gasteiger partial charge in [-0.2, -0.15) is 0 Å². The zero-order valence-corrected chi connectivity index (χ0v) is 12.3. The predicted octanol–water partition coefficient (Wildman–Crippen LogP) is 3.27. The normalized spacial score (nSPS) is 9.82. The van der Waals surface area contributed by atoms with E-state index in [9.17, 15) is 4.79 Å². The highest BCUT2D eigenvalue weighted by atomic mass is 79.9. The fraction of sp³-hybridized carbons (Fsp3) is 0.182. The number of methoxy groups -OCH3 is 1. The zero-order valence-electron chi connectivity index (χ0n) is 9.09. The van der Waals surface area contributed by atoms with Crippen LogP contribution < -0.4 is 10.1 Å². The number of carbonyl (C=O) groups is 1. The molecule has 4 nitrogen and oxygen atoms in total. The molecular formula is C11H11Br2NO3. The van der Waals surface area contributed by atoms with Gasteiger partial charge in [0.05, 0.1) is 17.3 Å². The minimum absolute atomic E-state index is 0.0961. The Hall–Kier alpha value is -1.01. The fourth-order valence-corrected chi connectivity index (χ4v) is 2.39. The van der Waals surface area contributed by atoms with Crippen LogP contribution in [-0.4, -0.2) is 24.7 Å². The Morgan fingerprint density at radius 2 is 2.12 bits per heavy atom. The topological polar surface area (TPSA) is 58.6 Å². The summed E-state index contributed by atoms with van der Waals surface area (Å²) in [6, 6.07) is 3.59. The van der Waals surface area contributed by atoms with Crippen LogP contribution in [0.2, 0.25) is 0 Å². The van der Waals surface area contributed by atoms with Gasteiger partial charge in [0.25, 0.3) is 0 Å². The molecule has 0 aliphatic carbocycles. The number of anilines is 1. The smallest absolute Gasteiger partial charge is 0.332 e. The zero-order chi connectivity index (χ0) is 13.0. The van der Waals surface area contributed by atoms with Gasteiger partial charge in [-0.25, -0.2) is 4.79 Å². The van der Waals surface area contributed by atoms with E-state index < -0.39 is 5.97 Å². The third kappa shape index (κ3) is 3.74. The van der Waals surface area contributed by atoms with Crippen molar-refractivity contribution in [3.63, 3.8) is 0 Å². The minimum Gasteiger partial charge on any atom is -0.495 e. The number of hydrogen-bond acceptors (Lipinski definition) is 3. The number of hydrogen-bond donors (Lipinski definition) is 2. The van der Waals surface area contributed by atoms with Crippen LogP contribution >= 0.6 is 31.9 Å². The van der Waals surface area contributed by atoms with E-state index in [1.807, 2.05) is 6.07 Å². The fourth-order valence-electron chi connectivity index (χ4n) is 1.10. The highest BCUT2D eigenvalue weighted by Crippen LogP contribution is 2.34. The quantitative estimate of drug-likeness (QED) is 0.787. The van der Waals surface area contributed by atoms with Gasteiger partial charge in [-0.05, 0) is 37.9 Å². The standard InChI is InChI=1S/C11H11Br2NO3/c1-6(11(15)16)5-14-9-4-10(17-2)8(13)3-7(9)12/h3-4,14H,1,5H2,2H3,(H,15,16). The summed E-state index contributed by atoms with van der Waals surface area (Å²) < 4.78 is 6.77. The number of halogens is 2. The first-order valence-electron chi connectivity index (χ1n) is 4.63. The average molecular weight is 365 g/mol. The maximum atomic E-state index is 10.6. The monoisotopic (exact) mass is 363 g/mol. The van der Waals surface area contributed by atoms with Crippen LogP contribution in [0.1, 0.15) is 0 Å². The third-order valence-electron chi connectivity index (χ3n) is 2.04. The van der Waals surface area contributed by atoms with Gasteiger partial charge in [0.1, 0.15) is 5.75 Å². The van der Waals surface area contributed by atoms with E-state index in [1.54, 1.807) is 13.2 Å². The van der Waals surface area contributed by atoms with Gasteiger partial charge < -0.3 is 15.2 Å². The molecule has 1 aromatic carbocycles. The molecule has 0 fully saturated rings. The first-order valence-corrected chi connectivity index (χ1v) is 6.22. The summed E-state index contributed by atoms with van der Waals surface area (Å²) in [5.74, 6) is -0.352. The lowest BCUT2D eigenvalue weighted by atomic mass is 10.2. The molecule has 0 heterocycles. The molecule has 0 saturated carbocycles. The lowest BCUT2D eigenvalue weighted by molar-refractivity contribution is -0.132. The van der Waals surface area contributed by atoms with Crippen LogP contribution in [0, 0.1) is 0 Å². The van der Waals surface area contributed by atoms with Crippen molar-refractivity contribution in [3.05, 3.63) is 33.2 Å². The lowest BCUT2D eigenvalue weighted by Gasteiger charge is -2.11. The Bertz CT molecular complexity index is 460. The Morgan fingerprint density at radius 3 is 2.65 bits per heavy atom. The predicted molar refractivity (Wildman–Crippen MR) is 73.7 cm³/mol. The van der Waals surface area contributed by atoms with Gasteiger partial charge in [-0.3, -0.25) is 0 Å². The molecule has 0 spiro atoms. The highest BCUT2D eigenvalue weighted by molar-refractivity contribution is 9.11. The second kappa shape index (κ2) is 6.07. The van der Waals surface area contributed by atoms with Crippen molar-refractivity contribution >= 4 is 43.5 Å². The summed E-state index contributed by atoms with van der Waals surface area (Å²) in [6.07, 6.45) is 0. The molecule has 0 aliphatic rings. The molecule has 0 atom stereocenters. The van der Waals surface area contributed by atoms with E-state index >= 15 is 0 Å². The van der Waals surface area contributed by atoms with Crippen molar-refractivity contribution in [3.8, 4) is 5.75 Å². The molecule has 0 aromatic heterocycles. The van der Waals surface area contributed by atoms with Gasteiger partial charge >= 0.3 is 5.97 Å². The molecule has 17 heavy (non-hydrogen) atoms. The van der Waals surface area contributed by atoms with E-state index in [4.69, 9.17) is 9.84 Å². The van der Waals surface area contributed by atoms with Crippen molar-refractivity contribution in [1.29, 1.82) is 0 Å². The minimum atomic E-state index is -1.02. The van der Waals surface area contributed by atoms with Gasteiger partial charge in [0.15, 0.2) is 0 Å². The van der Waals surface area contributed by atoms with Gasteiger partial charge in [-0.15, -0.1) is 0 Å². The van der Waals surface area contributed by atoms with Gasteiger partial charge in [0.2, 0.25) is 0 Å². The molecule has 0 radical (unpaired) electrons. The molecule has 0 saturated heterocycles. The van der Waals surface area contributed by atoms with Crippen LogP contribution in [0.4, 0.5) is 5.69 Å². The van der Waals surface area contributed by atoms with Crippen LogP contribution in [0.3, 0.4) is 0 Å². The van der Waals surface area contributed by atoms with Crippen LogP contribution in [0.25, 0.3) is 0 Å². The van der Waals surface area contributed by atoms with Gasteiger partial charge in [-0.1, -0.05) is 6.58 Å². The Balaban J connectivity index is 2.84. The molecule has 0 bridgehead atoms. The number of carboxylic acid groups (broad SMARTS) is 1. The maximum absolute atomic E-state index is 10.6. The average Bonchev–Trinajstić information content (AvgIpc) is 2.27. The van der Waals surface area contributed by atoms with E-state index in [2.05, 4.69) is 43.8 Å². The summed E-state index contributed by atoms with van der Waals surface area (Å²) in [5.41, 5.74) is 0.839. The molecular weight excluding hydrogens is 354 g/mol. The number of carboxylic acids is 1. The van der Waals surface area contributed by atoms with Crippen molar-refractivity contribution < 1.29 is 14.6 Å². The van der Waals surface area contributed by atoms with E-state index in [0.717, 1.165) is 14.6 Å². The van der Waals surface area contributed by atoms with Crippen molar-refractivity contribution in [2.45, 2.75) is 0 Å². The van der Waals surface area contributed by atoms with Crippen LogP contribution in [-0.2, 0) is 4.79 Å². The van der Waals surface area contributed by atoms with Crippen LogP contribution in [0.5, 0.6) is 5.75 Å². The molecule has 6 heteroatoms. The largest absolute Gasteiger partial charge is 0.495 e. The Kier molecular flexibility index (Phi) is 5.02. The van der Waals surface area contributed by atoms with Crippen molar-refractivity contribution in [2.75, 3.05) is 19.0 Å². The van der Waals surface area contributed by atoms with Crippen molar-refractivity contribution in [1.82, 2.24) is 0 Å². The first-order chi connectivity index (χ1) is 7.95. The van der Waals surface area contributed by atoms with Gasteiger partial charge in [0, 0.05) is 22.7 Å². The number of aliphatic carboxylic acids is 1. The summed E-state index contributed by atoms with van der Waals surface area (Å²) in [4.78, 5) is 10.6. The summed E-state index contributed by atoms with van der Waals surface area (Å²) in [7, 11) is 1.56. The number of rotatable bonds is 5. The molecule has 92 valence electrons. The SMILES string of the molecule is C=C(CNc1cc(OC)c(Br)cc1Br)C(=O)O. The van der Waals surface area contributed by atoms with E-state index in [-0.39, 0.29) is 12.1 Å². The number of nitrogens with one attached hydrogen (secondary N) is 1. The lowest BCUT2D eigenvalue weighted by Crippen LogP contribution is -2.11. The summed E-state index contributed by atoms with van der Waals surface area (Å²) in [6.45, 7) is 3.61. The summed E-state index contributed by atoms with van der Waals surface area (Å²) >= 11 is 6.72.